The number of carbonyl (C=O) groups is 1. The lowest BCUT2D eigenvalue weighted by Crippen LogP contribution is -2.36. The first-order valence-corrected chi connectivity index (χ1v) is 11.6. The maximum atomic E-state index is 13.1. The zero-order valence-corrected chi connectivity index (χ0v) is 19.0. The van der Waals surface area contributed by atoms with Gasteiger partial charge in [0.15, 0.2) is 0 Å². The molecule has 2 aromatic heterocycles. The van der Waals surface area contributed by atoms with Crippen LogP contribution in [-0.4, -0.2) is 46.1 Å². The second-order valence-electron chi connectivity index (χ2n) is 8.80. The number of nitrogens with one attached hydrogen (secondary N) is 1. The standard InChI is InChI=1S/C26H24F3N5O/c27-26(28,29)23-7-6-21(15-32-23)33-25(35)24-22-12-19(5-4-18(22)3-1-8-31-24)20-11-17(13-30-14-20)16-34-9-2-10-34/h4-7,11-15H,1-3,8-10,16H2,(H,33,35). The molecule has 4 heterocycles. The number of halogens is 3. The second kappa shape index (κ2) is 9.58. The van der Waals surface area contributed by atoms with Gasteiger partial charge in [-0.15, -0.1) is 0 Å². The molecule has 0 atom stereocenters. The maximum absolute atomic E-state index is 13.1. The van der Waals surface area contributed by atoms with Crippen molar-refractivity contribution >= 4 is 17.3 Å². The van der Waals surface area contributed by atoms with Crippen molar-refractivity contribution in [2.45, 2.75) is 32.0 Å². The number of aromatic nitrogens is 2. The van der Waals surface area contributed by atoms with Gasteiger partial charge in [0, 0.05) is 36.6 Å². The van der Waals surface area contributed by atoms with Gasteiger partial charge in [0.1, 0.15) is 11.4 Å². The van der Waals surface area contributed by atoms with Crippen molar-refractivity contribution < 1.29 is 18.0 Å². The molecule has 180 valence electrons. The van der Waals surface area contributed by atoms with Gasteiger partial charge in [-0.05, 0) is 73.3 Å². The number of alkyl halides is 3. The van der Waals surface area contributed by atoms with E-state index in [-0.39, 0.29) is 11.4 Å². The number of aryl methyl sites for hydroxylation is 1. The summed E-state index contributed by atoms with van der Waals surface area (Å²) in [5.41, 5.74) is 4.20. The van der Waals surface area contributed by atoms with Gasteiger partial charge in [-0.1, -0.05) is 12.1 Å². The summed E-state index contributed by atoms with van der Waals surface area (Å²) < 4.78 is 38.4. The van der Waals surface area contributed by atoms with Crippen molar-refractivity contribution in [3.63, 3.8) is 0 Å². The highest BCUT2D eigenvalue weighted by Crippen LogP contribution is 2.29. The van der Waals surface area contributed by atoms with Gasteiger partial charge in [0.2, 0.25) is 0 Å². The van der Waals surface area contributed by atoms with Crippen LogP contribution >= 0.6 is 0 Å². The Bertz CT molecular complexity index is 1270. The van der Waals surface area contributed by atoms with Crippen LogP contribution in [0.4, 0.5) is 18.9 Å². The number of fused-ring (bicyclic) bond motifs is 1. The number of nitrogens with zero attached hydrogens (tertiary/aromatic N) is 4. The lowest BCUT2D eigenvalue weighted by Gasteiger charge is -2.30. The minimum absolute atomic E-state index is 0.176. The molecular formula is C26H24F3N5O. The van der Waals surface area contributed by atoms with Crippen LogP contribution in [0.25, 0.3) is 11.1 Å². The predicted octanol–water partition coefficient (Wildman–Crippen LogP) is 4.74. The number of amides is 1. The van der Waals surface area contributed by atoms with Crippen molar-refractivity contribution in [3.05, 3.63) is 77.4 Å². The second-order valence-corrected chi connectivity index (χ2v) is 8.80. The van der Waals surface area contributed by atoms with E-state index >= 15 is 0 Å². The van der Waals surface area contributed by atoms with Crippen molar-refractivity contribution in [1.29, 1.82) is 0 Å². The van der Waals surface area contributed by atoms with Crippen LogP contribution in [0.2, 0.25) is 0 Å². The van der Waals surface area contributed by atoms with Crippen LogP contribution in [-0.2, 0) is 23.9 Å². The summed E-state index contributed by atoms with van der Waals surface area (Å²) in [6.07, 6.45) is 2.97. The van der Waals surface area contributed by atoms with E-state index in [1.165, 1.54) is 12.5 Å². The molecule has 9 heteroatoms. The quantitative estimate of drug-likeness (QED) is 0.574. The first-order valence-electron chi connectivity index (χ1n) is 11.6. The summed E-state index contributed by atoms with van der Waals surface area (Å²) in [6, 6.07) is 10.2. The average Bonchev–Trinajstić information content (AvgIpc) is 3.03. The van der Waals surface area contributed by atoms with Crippen LogP contribution in [0.1, 0.15) is 35.2 Å². The van der Waals surface area contributed by atoms with Crippen molar-refractivity contribution in [2.75, 3.05) is 25.0 Å². The Morgan fingerprint density at radius 2 is 1.86 bits per heavy atom. The summed E-state index contributed by atoms with van der Waals surface area (Å²) in [7, 11) is 0. The minimum atomic E-state index is -4.54. The number of aliphatic imine (C=N–C) groups is 1. The van der Waals surface area contributed by atoms with Crippen LogP contribution in [0.5, 0.6) is 0 Å². The highest BCUT2D eigenvalue weighted by molar-refractivity contribution is 6.49. The fourth-order valence-electron chi connectivity index (χ4n) is 4.29. The molecule has 1 N–H and O–H groups in total. The summed E-state index contributed by atoms with van der Waals surface area (Å²) in [5, 5.41) is 2.64. The Kier molecular flexibility index (Phi) is 6.34. The lowest BCUT2D eigenvalue weighted by molar-refractivity contribution is -0.141. The Labute approximate surface area is 200 Å². The number of hydrogen-bond acceptors (Lipinski definition) is 5. The summed E-state index contributed by atoms with van der Waals surface area (Å²) >= 11 is 0. The zero-order valence-electron chi connectivity index (χ0n) is 19.0. The molecule has 1 aromatic carbocycles. The summed E-state index contributed by atoms with van der Waals surface area (Å²) in [6.45, 7) is 3.56. The third-order valence-corrected chi connectivity index (χ3v) is 6.25. The Balaban J connectivity index is 1.40. The first-order chi connectivity index (χ1) is 16.9. The number of pyridine rings is 2. The van der Waals surface area contributed by atoms with Crippen molar-refractivity contribution in [2.24, 2.45) is 4.99 Å². The fraction of sp³-hybridized carbons (Fsp3) is 0.308. The molecular weight excluding hydrogens is 455 g/mol. The predicted molar refractivity (Wildman–Crippen MR) is 127 cm³/mol. The molecule has 0 unspecified atom stereocenters. The minimum Gasteiger partial charge on any atom is -0.319 e. The molecule has 2 aliphatic heterocycles. The Morgan fingerprint density at radius 3 is 2.57 bits per heavy atom. The molecule has 2 aliphatic rings. The van der Waals surface area contributed by atoms with Gasteiger partial charge in [0.25, 0.3) is 5.91 Å². The molecule has 0 saturated carbocycles. The van der Waals surface area contributed by atoms with Crippen LogP contribution in [0.3, 0.4) is 0 Å². The molecule has 0 radical (unpaired) electrons. The molecule has 0 bridgehead atoms. The zero-order chi connectivity index (χ0) is 24.4. The largest absolute Gasteiger partial charge is 0.433 e. The van der Waals surface area contributed by atoms with Gasteiger partial charge < -0.3 is 5.32 Å². The summed E-state index contributed by atoms with van der Waals surface area (Å²) in [4.78, 5) is 27.8. The van der Waals surface area contributed by atoms with E-state index in [9.17, 15) is 18.0 Å². The molecule has 5 rings (SSSR count). The molecule has 0 aliphatic carbocycles. The van der Waals surface area contributed by atoms with Gasteiger partial charge in [-0.25, -0.2) is 4.98 Å². The van der Waals surface area contributed by atoms with Crippen LogP contribution in [0.15, 0.2) is 60.0 Å². The Hall–Kier alpha value is -3.59. The van der Waals surface area contributed by atoms with Crippen LogP contribution < -0.4 is 5.32 Å². The molecule has 1 fully saturated rings. The summed E-state index contributed by atoms with van der Waals surface area (Å²) in [5.74, 6) is -0.475. The molecule has 1 amide bonds. The van der Waals surface area contributed by atoms with Crippen LogP contribution in [0, 0.1) is 0 Å². The Morgan fingerprint density at radius 1 is 1.00 bits per heavy atom. The number of carbonyl (C=O) groups excluding carboxylic acids is 1. The topological polar surface area (TPSA) is 70.5 Å². The molecule has 3 aromatic rings. The van der Waals surface area contributed by atoms with E-state index in [0.29, 0.717) is 6.54 Å². The fourth-order valence-corrected chi connectivity index (χ4v) is 4.29. The van der Waals surface area contributed by atoms with Gasteiger partial charge in [-0.3, -0.25) is 19.7 Å². The average molecular weight is 480 g/mol. The van der Waals surface area contributed by atoms with E-state index < -0.39 is 17.8 Å². The van der Waals surface area contributed by atoms with E-state index in [0.717, 1.165) is 72.6 Å². The normalized spacial score (nSPS) is 16.0. The number of anilines is 1. The van der Waals surface area contributed by atoms with Crippen molar-refractivity contribution in [3.8, 4) is 11.1 Å². The SMILES string of the molecule is O=C(Nc1ccc(C(F)(F)F)nc1)C1=NCCCc2ccc(-c3cncc(CN4CCC4)c3)cc21. The van der Waals surface area contributed by atoms with E-state index in [1.807, 2.05) is 30.6 Å². The number of likely N-dealkylation sites (tertiary alicyclic amines) is 1. The number of rotatable bonds is 5. The van der Waals surface area contributed by atoms with E-state index in [4.69, 9.17) is 0 Å². The highest BCUT2D eigenvalue weighted by atomic mass is 19.4. The third kappa shape index (κ3) is 5.24. The third-order valence-electron chi connectivity index (χ3n) is 6.25. The van der Waals surface area contributed by atoms with Crippen molar-refractivity contribution in [1.82, 2.24) is 14.9 Å². The van der Waals surface area contributed by atoms with E-state index in [2.05, 4.69) is 31.2 Å². The van der Waals surface area contributed by atoms with Gasteiger partial charge >= 0.3 is 6.18 Å². The molecule has 35 heavy (non-hydrogen) atoms. The van der Waals surface area contributed by atoms with Gasteiger partial charge in [-0.2, -0.15) is 13.2 Å². The first kappa shape index (κ1) is 23.2. The maximum Gasteiger partial charge on any atom is 0.433 e. The molecule has 6 nitrogen and oxygen atoms in total. The smallest absolute Gasteiger partial charge is 0.319 e. The highest BCUT2D eigenvalue weighted by Gasteiger charge is 2.32. The molecule has 0 spiro atoms. The number of hydrogen-bond donors (Lipinski definition) is 1. The lowest BCUT2D eigenvalue weighted by atomic mass is 9.94. The monoisotopic (exact) mass is 479 g/mol. The van der Waals surface area contributed by atoms with E-state index in [1.54, 1.807) is 0 Å². The van der Waals surface area contributed by atoms with Gasteiger partial charge in [0.05, 0.1) is 11.9 Å². The number of benzene rings is 1. The molecule has 1 saturated heterocycles.